The number of nitrogens with one attached hydrogen (secondary N) is 1. The molecule has 1 N–H and O–H groups in total. The van der Waals surface area contributed by atoms with Gasteiger partial charge in [0.25, 0.3) is 0 Å². The lowest BCUT2D eigenvalue weighted by atomic mass is 10.1. The maximum atomic E-state index is 12.8. The van der Waals surface area contributed by atoms with Gasteiger partial charge in [-0.3, -0.25) is 9.88 Å². The summed E-state index contributed by atoms with van der Waals surface area (Å²) in [6.07, 6.45) is 4.14. The number of ether oxygens (including phenoxy) is 1. The number of hydrogen-bond donors (Lipinski definition) is 1. The van der Waals surface area contributed by atoms with E-state index in [1.807, 2.05) is 31.2 Å². The number of anilines is 2. The van der Waals surface area contributed by atoms with Gasteiger partial charge in [-0.2, -0.15) is 0 Å². The monoisotopic (exact) mass is 422 g/mol. The number of hydrogen-bond acceptors (Lipinski definition) is 4. The first-order valence-electron chi connectivity index (χ1n) is 9.88. The van der Waals surface area contributed by atoms with E-state index in [1.54, 1.807) is 29.4 Å². The van der Waals surface area contributed by atoms with Crippen LogP contribution < -0.4 is 15.0 Å². The van der Waals surface area contributed by atoms with Gasteiger partial charge in [-0.15, -0.1) is 0 Å². The lowest BCUT2D eigenvalue weighted by Gasteiger charge is -2.18. The van der Waals surface area contributed by atoms with Gasteiger partial charge in [-0.1, -0.05) is 31.5 Å². The van der Waals surface area contributed by atoms with Crippen LogP contribution in [0.4, 0.5) is 16.2 Å². The maximum Gasteiger partial charge on any atom is 0.326 e. The highest BCUT2D eigenvalue weighted by Gasteiger charge is 2.25. The van der Waals surface area contributed by atoms with E-state index in [9.17, 15) is 4.79 Å². The average molecular weight is 423 g/mol. The van der Waals surface area contributed by atoms with Gasteiger partial charge in [-0.05, 0) is 54.7 Å². The molecule has 0 bridgehead atoms. The molecule has 7 heteroatoms. The van der Waals surface area contributed by atoms with Crippen LogP contribution >= 0.6 is 11.6 Å². The van der Waals surface area contributed by atoms with E-state index < -0.39 is 0 Å². The molecule has 2 aromatic heterocycles. The fraction of sp³-hybridized carbons (Fsp3) is 0.261. The molecule has 0 radical (unpaired) electrons. The van der Waals surface area contributed by atoms with Crippen molar-refractivity contribution in [3.8, 4) is 11.6 Å². The molecule has 0 saturated heterocycles. The minimum Gasteiger partial charge on any atom is -0.437 e. The summed E-state index contributed by atoms with van der Waals surface area (Å²) in [7, 11) is 0. The number of aryl methyl sites for hydroxylation is 1. The average Bonchev–Trinajstić information content (AvgIpc) is 3.12. The summed E-state index contributed by atoms with van der Waals surface area (Å²) in [5, 5.41) is 3.55. The van der Waals surface area contributed by atoms with E-state index >= 15 is 0 Å². The fourth-order valence-electron chi connectivity index (χ4n) is 3.49. The molecular weight excluding hydrogens is 400 g/mol. The van der Waals surface area contributed by atoms with Gasteiger partial charge in [0.15, 0.2) is 5.75 Å². The predicted octanol–water partition coefficient (Wildman–Crippen LogP) is 5.95. The number of benzene rings is 1. The van der Waals surface area contributed by atoms with Crippen LogP contribution in [-0.4, -0.2) is 22.5 Å². The summed E-state index contributed by atoms with van der Waals surface area (Å²) in [5.74, 6) is 1.36. The number of halogens is 1. The van der Waals surface area contributed by atoms with Crippen molar-refractivity contribution in [3.63, 3.8) is 0 Å². The van der Waals surface area contributed by atoms with Crippen molar-refractivity contribution in [1.29, 1.82) is 0 Å². The van der Waals surface area contributed by atoms with Gasteiger partial charge in [0.2, 0.25) is 5.88 Å². The molecule has 1 aliphatic rings. The zero-order chi connectivity index (χ0) is 21.3. The second-order valence-electron chi connectivity index (χ2n) is 7.59. The smallest absolute Gasteiger partial charge is 0.326 e. The third-order valence-electron chi connectivity index (χ3n) is 5.05. The van der Waals surface area contributed by atoms with Crippen LogP contribution in [0.25, 0.3) is 0 Å². The quantitative estimate of drug-likeness (QED) is 0.564. The summed E-state index contributed by atoms with van der Waals surface area (Å²) in [5.41, 5.74) is 4.47. The lowest BCUT2D eigenvalue weighted by Crippen LogP contribution is -2.33. The molecule has 0 unspecified atom stereocenters. The highest BCUT2D eigenvalue weighted by molar-refractivity contribution is 6.31. The number of nitrogens with zero attached hydrogens (tertiary/aromatic N) is 3. The fourth-order valence-corrected chi connectivity index (χ4v) is 3.64. The lowest BCUT2D eigenvalue weighted by molar-refractivity contribution is 0.257. The highest BCUT2D eigenvalue weighted by atomic mass is 35.5. The Morgan fingerprint density at radius 3 is 2.80 bits per heavy atom. The van der Waals surface area contributed by atoms with Crippen molar-refractivity contribution in [2.24, 2.45) is 0 Å². The van der Waals surface area contributed by atoms with Gasteiger partial charge in [0, 0.05) is 23.8 Å². The first-order valence-corrected chi connectivity index (χ1v) is 10.3. The molecule has 0 atom stereocenters. The SMILES string of the molecule is Cc1cc2c(cc1Cl)N(C(=O)Nc1ccc(Oc3cccnc3C(C)C)nc1)CC2. The molecule has 3 heterocycles. The highest BCUT2D eigenvalue weighted by Crippen LogP contribution is 2.33. The Morgan fingerprint density at radius 1 is 1.23 bits per heavy atom. The number of carbonyl (C=O) groups is 1. The molecule has 0 aliphatic carbocycles. The second kappa shape index (κ2) is 8.32. The zero-order valence-electron chi connectivity index (χ0n) is 17.1. The van der Waals surface area contributed by atoms with Crippen molar-refractivity contribution >= 4 is 29.0 Å². The number of rotatable bonds is 4. The van der Waals surface area contributed by atoms with E-state index in [2.05, 4.69) is 29.1 Å². The third-order valence-corrected chi connectivity index (χ3v) is 5.46. The maximum absolute atomic E-state index is 12.8. The van der Waals surface area contributed by atoms with E-state index in [0.29, 0.717) is 28.9 Å². The number of urea groups is 1. The molecule has 4 rings (SSSR count). The molecular formula is C23H23ClN4O2. The number of amides is 2. The molecule has 1 aromatic carbocycles. The molecule has 1 aliphatic heterocycles. The third kappa shape index (κ3) is 4.09. The van der Waals surface area contributed by atoms with E-state index in [-0.39, 0.29) is 11.9 Å². The standard InChI is InChI=1S/C23H23ClN4O2/c1-14(2)22-20(5-4-9-25-22)30-21-7-6-17(13-26-21)27-23(29)28-10-8-16-11-15(3)18(24)12-19(16)28/h4-7,9,11-14H,8,10H2,1-3H3,(H,27,29). The zero-order valence-corrected chi connectivity index (χ0v) is 17.9. The predicted molar refractivity (Wildman–Crippen MR) is 119 cm³/mol. The van der Waals surface area contributed by atoms with Gasteiger partial charge >= 0.3 is 6.03 Å². The van der Waals surface area contributed by atoms with Crippen LogP contribution in [0, 0.1) is 6.92 Å². The van der Waals surface area contributed by atoms with Crippen LogP contribution in [0.15, 0.2) is 48.8 Å². The first kappa shape index (κ1) is 20.2. The molecule has 0 fully saturated rings. The molecule has 30 heavy (non-hydrogen) atoms. The van der Waals surface area contributed by atoms with E-state index in [0.717, 1.165) is 28.9 Å². The van der Waals surface area contributed by atoms with E-state index in [4.69, 9.17) is 16.3 Å². The molecule has 6 nitrogen and oxygen atoms in total. The molecule has 0 spiro atoms. The summed E-state index contributed by atoms with van der Waals surface area (Å²) in [6, 6.07) is 10.9. The normalized spacial score (nSPS) is 12.8. The Bertz CT molecular complexity index is 1080. The minimum absolute atomic E-state index is 0.210. The van der Waals surface area contributed by atoms with Crippen molar-refractivity contribution in [3.05, 3.63) is 70.6 Å². The Kier molecular flexibility index (Phi) is 5.59. The molecule has 3 aromatic rings. The number of fused-ring (bicyclic) bond motifs is 1. The van der Waals surface area contributed by atoms with Crippen molar-refractivity contribution in [2.75, 3.05) is 16.8 Å². The van der Waals surface area contributed by atoms with Gasteiger partial charge in [-0.25, -0.2) is 9.78 Å². The van der Waals surface area contributed by atoms with Gasteiger partial charge < -0.3 is 10.1 Å². The van der Waals surface area contributed by atoms with Crippen molar-refractivity contribution in [2.45, 2.75) is 33.1 Å². The topological polar surface area (TPSA) is 67.4 Å². The van der Waals surface area contributed by atoms with Crippen LogP contribution in [-0.2, 0) is 6.42 Å². The van der Waals surface area contributed by atoms with Crippen LogP contribution in [0.3, 0.4) is 0 Å². The van der Waals surface area contributed by atoms with Crippen LogP contribution in [0.1, 0.15) is 36.6 Å². The summed E-state index contributed by atoms with van der Waals surface area (Å²) >= 11 is 6.25. The van der Waals surface area contributed by atoms with Crippen molar-refractivity contribution < 1.29 is 9.53 Å². The van der Waals surface area contributed by atoms with Gasteiger partial charge in [0.05, 0.1) is 23.3 Å². The Morgan fingerprint density at radius 2 is 2.07 bits per heavy atom. The Hall–Kier alpha value is -3.12. The number of carbonyl (C=O) groups excluding carboxylic acids is 1. The summed E-state index contributed by atoms with van der Waals surface area (Å²) in [4.78, 5) is 23.2. The van der Waals surface area contributed by atoms with E-state index in [1.165, 1.54) is 0 Å². The molecule has 0 saturated carbocycles. The molecule has 154 valence electrons. The van der Waals surface area contributed by atoms with Crippen molar-refractivity contribution in [1.82, 2.24) is 9.97 Å². The van der Waals surface area contributed by atoms with Crippen LogP contribution in [0.5, 0.6) is 11.6 Å². The summed E-state index contributed by atoms with van der Waals surface area (Å²) < 4.78 is 5.89. The molecule has 2 amide bonds. The largest absolute Gasteiger partial charge is 0.437 e. The number of aromatic nitrogens is 2. The Labute approximate surface area is 180 Å². The summed E-state index contributed by atoms with van der Waals surface area (Å²) in [6.45, 7) is 6.71. The Balaban J connectivity index is 1.45. The van der Waals surface area contributed by atoms with Gasteiger partial charge in [0.1, 0.15) is 0 Å². The van der Waals surface area contributed by atoms with Crippen LogP contribution in [0.2, 0.25) is 5.02 Å². The first-order chi connectivity index (χ1) is 14.4. The minimum atomic E-state index is -0.210. The number of pyridine rings is 2. The second-order valence-corrected chi connectivity index (χ2v) is 8.00.